The van der Waals surface area contributed by atoms with Crippen LogP contribution in [0.25, 0.3) is 0 Å². The van der Waals surface area contributed by atoms with Crippen molar-refractivity contribution in [3.05, 3.63) is 17.7 Å². The predicted molar refractivity (Wildman–Crippen MR) is 66.2 cm³/mol. The Kier molecular flexibility index (Phi) is 2.54. The molecule has 0 saturated heterocycles. The number of benzene rings is 1. The molecule has 1 aromatic carbocycles. The molecule has 2 unspecified atom stereocenters. The van der Waals surface area contributed by atoms with Crippen molar-refractivity contribution in [2.24, 2.45) is 5.92 Å². The lowest BCUT2D eigenvalue weighted by atomic mass is 9.95. The zero-order chi connectivity index (χ0) is 12.0. The summed E-state index contributed by atoms with van der Waals surface area (Å²) in [6, 6.07) is 3.77. The first-order valence-electron chi connectivity index (χ1n) is 5.81. The standard InChI is InChI=1S/C13H14O3S/c1-7-8(2)17-12-6-11-10(15-3-4-16-11)5-9(12)13(7)14/h5-8H,3-4H2,1-2H3. The Morgan fingerprint density at radius 1 is 1.18 bits per heavy atom. The number of hydrogen-bond donors (Lipinski definition) is 0. The van der Waals surface area contributed by atoms with Crippen LogP contribution in [-0.2, 0) is 0 Å². The molecule has 90 valence electrons. The first-order chi connectivity index (χ1) is 8.16. The molecule has 0 spiro atoms. The van der Waals surface area contributed by atoms with Gasteiger partial charge in [0.1, 0.15) is 13.2 Å². The van der Waals surface area contributed by atoms with E-state index in [9.17, 15) is 4.79 Å². The van der Waals surface area contributed by atoms with Gasteiger partial charge >= 0.3 is 0 Å². The Labute approximate surface area is 104 Å². The number of fused-ring (bicyclic) bond motifs is 2. The molecule has 0 amide bonds. The third-order valence-corrected chi connectivity index (χ3v) is 4.71. The zero-order valence-electron chi connectivity index (χ0n) is 9.86. The lowest BCUT2D eigenvalue weighted by molar-refractivity contribution is 0.0922. The number of Topliss-reactive ketones (excluding diaryl/α,β-unsaturated/α-hetero) is 1. The van der Waals surface area contributed by atoms with Gasteiger partial charge in [-0.1, -0.05) is 13.8 Å². The topological polar surface area (TPSA) is 35.5 Å². The molecular weight excluding hydrogens is 236 g/mol. The molecule has 0 fully saturated rings. The zero-order valence-corrected chi connectivity index (χ0v) is 10.7. The van der Waals surface area contributed by atoms with E-state index in [-0.39, 0.29) is 11.7 Å². The highest BCUT2D eigenvalue weighted by atomic mass is 32.2. The second-order valence-corrected chi connectivity index (χ2v) is 5.89. The predicted octanol–water partition coefficient (Wildman–Crippen LogP) is 2.77. The molecule has 0 radical (unpaired) electrons. The molecule has 2 atom stereocenters. The van der Waals surface area contributed by atoms with Crippen molar-refractivity contribution in [1.82, 2.24) is 0 Å². The summed E-state index contributed by atoms with van der Waals surface area (Å²) in [5.74, 6) is 1.74. The molecule has 3 nitrogen and oxygen atoms in total. The lowest BCUT2D eigenvalue weighted by Crippen LogP contribution is -2.26. The summed E-state index contributed by atoms with van der Waals surface area (Å²) in [4.78, 5) is 13.2. The average Bonchev–Trinajstić information content (AvgIpc) is 2.34. The van der Waals surface area contributed by atoms with Crippen molar-refractivity contribution in [1.29, 1.82) is 0 Å². The number of carbonyl (C=O) groups is 1. The lowest BCUT2D eigenvalue weighted by Gasteiger charge is -2.28. The van der Waals surface area contributed by atoms with Crippen molar-refractivity contribution in [2.75, 3.05) is 13.2 Å². The molecule has 0 saturated carbocycles. The van der Waals surface area contributed by atoms with Gasteiger partial charge in [0.15, 0.2) is 17.3 Å². The maximum absolute atomic E-state index is 12.2. The summed E-state index contributed by atoms with van der Waals surface area (Å²) in [5, 5.41) is 0.317. The van der Waals surface area contributed by atoms with E-state index in [1.807, 2.05) is 19.1 Å². The smallest absolute Gasteiger partial charge is 0.168 e. The molecular formula is C13H14O3S. The van der Waals surface area contributed by atoms with Crippen molar-refractivity contribution < 1.29 is 14.3 Å². The number of ketones is 1. The minimum absolute atomic E-state index is 0.0649. The third-order valence-electron chi connectivity index (χ3n) is 3.34. The van der Waals surface area contributed by atoms with Gasteiger partial charge in [0.25, 0.3) is 0 Å². The van der Waals surface area contributed by atoms with Gasteiger partial charge in [-0.05, 0) is 12.1 Å². The van der Waals surface area contributed by atoms with E-state index in [1.54, 1.807) is 11.8 Å². The van der Waals surface area contributed by atoms with Gasteiger partial charge in [-0.2, -0.15) is 0 Å². The van der Waals surface area contributed by atoms with Gasteiger partial charge in [0, 0.05) is 21.6 Å². The quantitative estimate of drug-likeness (QED) is 0.709. The summed E-state index contributed by atoms with van der Waals surface area (Å²) in [7, 11) is 0. The molecule has 1 aromatic rings. The highest BCUT2D eigenvalue weighted by Gasteiger charge is 2.32. The Bertz CT molecular complexity index is 484. The van der Waals surface area contributed by atoms with Crippen LogP contribution in [0.4, 0.5) is 0 Å². The molecule has 2 aliphatic heterocycles. The molecule has 2 aliphatic rings. The van der Waals surface area contributed by atoms with Crippen molar-refractivity contribution in [3.63, 3.8) is 0 Å². The summed E-state index contributed by atoms with van der Waals surface area (Å²) >= 11 is 1.74. The maximum Gasteiger partial charge on any atom is 0.168 e. The molecule has 2 heterocycles. The highest BCUT2D eigenvalue weighted by molar-refractivity contribution is 8.00. The molecule has 0 bridgehead atoms. The normalized spacial score (nSPS) is 26.6. The number of thioether (sulfide) groups is 1. The number of ether oxygens (including phenoxy) is 2. The van der Waals surface area contributed by atoms with Gasteiger partial charge < -0.3 is 9.47 Å². The Balaban J connectivity index is 2.10. The molecule has 3 rings (SSSR count). The van der Waals surface area contributed by atoms with Gasteiger partial charge in [0.05, 0.1) is 0 Å². The molecule has 0 N–H and O–H groups in total. The summed E-state index contributed by atoms with van der Waals surface area (Å²) in [6.45, 7) is 5.21. The minimum atomic E-state index is 0.0649. The van der Waals surface area contributed by atoms with Crippen LogP contribution in [0.1, 0.15) is 24.2 Å². The first kappa shape index (κ1) is 11.0. The van der Waals surface area contributed by atoms with Crippen LogP contribution >= 0.6 is 11.8 Å². The number of rotatable bonds is 0. The van der Waals surface area contributed by atoms with Crippen molar-refractivity contribution in [2.45, 2.75) is 24.0 Å². The fraction of sp³-hybridized carbons (Fsp3) is 0.462. The fourth-order valence-electron chi connectivity index (χ4n) is 2.12. The van der Waals surface area contributed by atoms with Gasteiger partial charge in [-0.3, -0.25) is 4.79 Å². The summed E-state index contributed by atoms with van der Waals surface area (Å²) in [5.41, 5.74) is 0.782. The van der Waals surface area contributed by atoms with Crippen LogP contribution in [0.3, 0.4) is 0 Å². The fourth-order valence-corrected chi connectivity index (χ4v) is 3.31. The van der Waals surface area contributed by atoms with Gasteiger partial charge in [-0.25, -0.2) is 0 Å². The van der Waals surface area contributed by atoms with E-state index in [0.717, 1.165) is 16.2 Å². The van der Waals surface area contributed by atoms with E-state index in [2.05, 4.69) is 6.92 Å². The van der Waals surface area contributed by atoms with Crippen LogP contribution in [-0.4, -0.2) is 24.2 Å². The average molecular weight is 250 g/mol. The number of hydrogen-bond acceptors (Lipinski definition) is 4. The molecule has 0 aromatic heterocycles. The molecule has 4 heteroatoms. The SMILES string of the molecule is CC1Sc2cc3c(cc2C(=O)C1C)OCCO3. The summed E-state index contributed by atoms with van der Waals surface area (Å²) in [6.07, 6.45) is 0. The van der Waals surface area contributed by atoms with E-state index in [0.29, 0.717) is 24.2 Å². The van der Waals surface area contributed by atoms with E-state index in [4.69, 9.17) is 9.47 Å². The Morgan fingerprint density at radius 3 is 2.53 bits per heavy atom. The van der Waals surface area contributed by atoms with Crippen LogP contribution in [0.5, 0.6) is 11.5 Å². The minimum Gasteiger partial charge on any atom is -0.486 e. The largest absolute Gasteiger partial charge is 0.486 e. The molecule has 17 heavy (non-hydrogen) atoms. The van der Waals surface area contributed by atoms with Gasteiger partial charge in [-0.15, -0.1) is 11.8 Å². The highest BCUT2D eigenvalue weighted by Crippen LogP contribution is 2.44. The third kappa shape index (κ3) is 1.71. The second kappa shape index (κ2) is 3.95. The first-order valence-corrected chi connectivity index (χ1v) is 6.69. The Hall–Kier alpha value is -1.16. The van der Waals surface area contributed by atoms with Crippen molar-refractivity contribution in [3.8, 4) is 11.5 Å². The van der Waals surface area contributed by atoms with E-state index < -0.39 is 0 Å². The van der Waals surface area contributed by atoms with E-state index in [1.165, 1.54) is 0 Å². The van der Waals surface area contributed by atoms with Gasteiger partial charge in [0.2, 0.25) is 0 Å². The van der Waals surface area contributed by atoms with Crippen LogP contribution < -0.4 is 9.47 Å². The molecule has 0 aliphatic carbocycles. The van der Waals surface area contributed by atoms with Crippen LogP contribution in [0, 0.1) is 5.92 Å². The van der Waals surface area contributed by atoms with Crippen LogP contribution in [0.15, 0.2) is 17.0 Å². The summed E-state index contributed by atoms with van der Waals surface area (Å²) < 4.78 is 11.1. The maximum atomic E-state index is 12.2. The monoisotopic (exact) mass is 250 g/mol. The van der Waals surface area contributed by atoms with Crippen LogP contribution in [0.2, 0.25) is 0 Å². The van der Waals surface area contributed by atoms with E-state index >= 15 is 0 Å². The Morgan fingerprint density at radius 2 is 1.82 bits per heavy atom. The van der Waals surface area contributed by atoms with Crippen molar-refractivity contribution >= 4 is 17.5 Å². The number of carbonyl (C=O) groups excluding carboxylic acids is 1. The second-order valence-electron chi connectivity index (χ2n) is 4.47.